The van der Waals surface area contributed by atoms with Gasteiger partial charge in [0.15, 0.2) is 0 Å². The van der Waals surface area contributed by atoms with Crippen LogP contribution in [0.25, 0.3) is 11.3 Å². The van der Waals surface area contributed by atoms with Crippen LogP contribution >= 0.6 is 11.6 Å². The summed E-state index contributed by atoms with van der Waals surface area (Å²) in [6, 6.07) is 11.9. The summed E-state index contributed by atoms with van der Waals surface area (Å²) in [6.07, 6.45) is 2.86. The number of pyridine rings is 1. The molecule has 0 aliphatic rings. The number of aromatic nitrogens is 1. The number of benzene rings is 1. The van der Waals surface area contributed by atoms with Crippen LogP contribution in [0.2, 0.25) is 5.02 Å². The monoisotopic (exact) mass is 244 g/mol. The molecular formula is C15H15ClN. The van der Waals surface area contributed by atoms with Crippen molar-refractivity contribution in [3.63, 3.8) is 0 Å². The van der Waals surface area contributed by atoms with E-state index in [4.69, 9.17) is 11.6 Å². The molecule has 0 fully saturated rings. The van der Waals surface area contributed by atoms with Gasteiger partial charge in [0.25, 0.3) is 0 Å². The van der Waals surface area contributed by atoms with Crippen LogP contribution in [0.1, 0.15) is 12.5 Å². The summed E-state index contributed by atoms with van der Waals surface area (Å²) < 4.78 is 0. The molecule has 0 N–H and O–H groups in total. The lowest BCUT2D eigenvalue weighted by Crippen LogP contribution is -1.95. The first-order valence-electron chi connectivity index (χ1n) is 5.69. The predicted octanol–water partition coefficient (Wildman–Crippen LogP) is 4.41. The molecule has 1 nitrogen and oxygen atoms in total. The minimum absolute atomic E-state index is 0.406. The predicted molar refractivity (Wildman–Crippen MR) is 72.9 cm³/mol. The Kier molecular flexibility index (Phi) is 3.80. The molecule has 0 amide bonds. The lowest BCUT2D eigenvalue weighted by molar-refractivity contribution is 0.717. The highest BCUT2D eigenvalue weighted by molar-refractivity contribution is 6.33. The molecule has 1 aromatic heterocycles. The molecule has 0 saturated heterocycles. The van der Waals surface area contributed by atoms with Crippen LogP contribution in [0, 0.1) is 12.8 Å². The highest BCUT2D eigenvalue weighted by Gasteiger charge is 2.04. The van der Waals surface area contributed by atoms with Crippen molar-refractivity contribution in [3.05, 3.63) is 60.1 Å². The van der Waals surface area contributed by atoms with Crippen molar-refractivity contribution in [2.24, 2.45) is 5.92 Å². The van der Waals surface area contributed by atoms with E-state index in [0.29, 0.717) is 5.92 Å². The first-order chi connectivity index (χ1) is 8.16. The largest absolute Gasteiger partial charge is 0.256 e. The van der Waals surface area contributed by atoms with E-state index in [9.17, 15) is 0 Å². The standard InChI is InChI=1S/C15H15ClN/c1-11(2)9-12-7-8-15(17-10-12)13-5-3-4-6-14(13)16/h3-8,10-11H,1,9H2,2H3/t11-/m0/s1. The molecule has 87 valence electrons. The van der Waals surface area contributed by atoms with Gasteiger partial charge in [-0.2, -0.15) is 0 Å². The second-order valence-electron chi connectivity index (χ2n) is 4.34. The zero-order valence-electron chi connectivity index (χ0n) is 9.86. The Hall–Kier alpha value is -1.34. The van der Waals surface area contributed by atoms with Gasteiger partial charge in [-0.1, -0.05) is 49.7 Å². The summed E-state index contributed by atoms with van der Waals surface area (Å²) in [5.41, 5.74) is 3.10. The molecular weight excluding hydrogens is 230 g/mol. The van der Waals surface area contributed by atoms with Crippen molar-refractivity contribution in [3.8, 4) is 11.3 Å². The van der Waals surface area contributed by atoms with Crippen molar-refractivity contribution in [2.75, 3.05) is 0 Å². The zero-order valence-corrected chi connectivity index (χ0v) is 10.6. The number of hydrogen-bond donors (Lipinski definition) is 0. The van der Waals surface area contributed by atoms with Gasteiger partial charge < -0.3 is 0 Å². The van der Waals surface area contributed by atoms with Crippen LogP contribution < -0.4 is 0 Å². The summed E-state index contributed by atoms with van der Waals surface area (Å²) in [7, 11) is 0. The van der Waals surface area contributed by atoms with E-state index >= 15 is 0 Å². The van der Waals surface area contributed by atoms with E-state index in [1.807, 2.05) is 36.5 Å². The van der Waals surface area contributed by atoms with Gasteiger partial charge >= 0.3 is 0 Å². The van der Waals surface area contributed by atoms with Crippen molar-refractivity contribution in [1.82, 2.24) is 4.98 Å². The molecule has 0 aliphatic carbocycles. The third-order valence-electron chi connectivity index (χ3n) is 2.56. The van der Waals surface area contributed by atoms with Crippen LogP contribution in [0.5, 0.6) is 0 Å². The molecule has 2 aromatic rings. The molecule has 0 aliphatic heterocycles. The molecule has 1 atom stereocenters. The van der Waals surface area contributed by atoms with Gasteiger partial charge in [0.1, 0.15) is 0 Å². The van der Waals surface area contributed by atoms with Crippen LogP contribution in [0.4, 0.5) is 0 Å². The molecule has 0 saturated carbocycles. The highest BCUT2D eigenvalue weighted by atomic mass is 35.5. The summed E-state index contributed by atoms with van der Waals surface area (Å²) in [5, 5.41) is 0.735. The van der Waals surface area contributed by atoms with Gasteiger partial charge in [-0.25, -0.2) is 0 Å². The lowest BCUT2D eigenvalue weighted by Gasteiger charge is -2.06. The van der Waals surface area contributed by atoms with Crippen molar-refractivity contribution >= 4 is 11.6 Å². The summed E-state index contributed by atoms with van der Waals surface area (Å²) in [6.45, 7) is 6.08. The Bertz CT molecular complexity index is 489. The van der Waals surface area contributed by atoms with Crippen LogP contribution in [-0.2, 0) is 6.42 Å². The normalized spacial score (nSPS) is 10.8. The van der Waals surface area contributed by atoms with Crippen LogP contribution in [0.3, 0.4) is 0 Å². The SMILES string of the molecule is [CH2][C@@H](C)Cc1ccc(-c2ccccc2Cl)nc1. The topological polar surface area (TPSA) is 12.9 Å². The molecule has 0 spiro atoms. The second kappa shape index (κ2) is 5.33. The minimum atomic E-state index is 0.406. The summed E-state index contributed by atoms with van der Waals surface area (Å²) in [4.78, 5) is 4.45. The number of rotatable bonds is 3. The Labute approximate surface area is 107 Å². The molecule has 1 aromatic carbocycles. The van der Waals surface area contributed by atoms with E-state index in [0.717, 1.165) is 22.7 Å². The van der Waals surface area contributed by atoms with Gasteiger partial charge in [-0.3, -0.25) is 4.98 Å². The second-order valence-corrected chi connectivity index (χ2v) is 4.75. The van der Waals surface area contributed by atoms with E-state index in [2.05, 4.69) is 24.9 Å². The zero-order chi connectivity index (χ0) is 12.3. The maximum Gasteiger partial charge on any atom is 0.0717 e. The molecule has 0 bridgehead atoms. The smallest absolute Gasteiger partial charge is 0.0717 e. The fourth-order valence-electron chi connectivity index (χ4n) is 1.78. The van der Waals surface area contributed by atoms with Crippen molar-refractivity contribution < 1.29 is 0 Å². The molecule has 1 heterocycles. The molecule has 2 heteroatoms. The molecule has 2 rings (SSSR count). The third kappa shape index (κ3) is 3.07. The van der Waals surface area contributed by atoms with E-state index in [-0.39, 0.29) is 0 Å². The Morgan fingerprint density at radius 3 is 2.59 bits per heavy atom. The quantitative estimate of drug-likeness (QED) is 0.779. The van der Waals surface area contributed by atoms with Gasteiger partial charge in [-0.15, -0.1) is 0 Å². The van der Waals surface area contributed by atoms with E-state index in [1.165, 1.54) is 5.56 Å². The number of hydrogen-bond acceptors (Lipinski definition) is 1. The van der Waals surface area contributed by atoms with Crippen molar-refractivity contribution in [2.45, 2.75) is 13.3 Å². The molecule has 0 unspecified atom stereocenters. The van der Waals surface area contributed by atoms with Crippen molar-refractivity contribution in [1.29, 1.82) is 0 Å². The highest BCUT2D eigenvalue weighted by Crippen LogP contribution is 2.25. The fraction of sp³-hybridized carbons (Fsp3) is 0.200. The molecule has 1 radical (unpaired) electrons. The maximum absolute atomic E-state index is 6.13. The average molecular weight is 245 g/mol. The first kappa shape index (κ1) is 12.1. The number of halogens is 1. The summed E-state index contributed by atoms with van der Waals surface area (Å²) in [5.74, 6) is 0.406. The first-order valence-corrected chi connectivity index (χ1v) is 6.07. The number of nitrogens with zero attached hydrogens (tertiary/aromatic N) is 1. The Morgan fingerprint density at radius 1 is 1.24 bits per heavy atom. The van der Waals surface area contributed by atoms with Gasteiger partial charge in [0.2, 0.25) is 0 Å². The van der Waals surface area contributed by atoms with Crippen LogP contribution in [-0.4, -0.2) is 4.98 Å². The minimum Gasteiger partial charge on any atom is -0.256 e. The average Bonchev–Trinajstić information content (AvgIpc) is 2.30. The van der Waals surface area contributed by atoms with Gasteiger partial charge in [0.05, 0.1) is 5.69 Å². The Morgan fingerprint density at radius 2 is 2.00 bits per heavy atom. The van der Waals surface area contributed by atoms with Gasteiger partial charge in [-0.05, 0) is 30.0 Å². The summed E-state index contributed by atoms with van der Waals surface area (Å²) >= 11 is 6.13. The maximum atomic E-state index is 6.13. The fourth-order valence-corrected chi connectivity index (χ4v) is 2.01. The van der Waals surface area contributed by atoms with Gasteiger partial charge in [0, 0.05) is 16.8 Å². The molecule has 17 heavy (non-hydrogen) atoms. The van der Waals surface area contributed by atoms with E-state index < -0.39 is 0 Å². The van der Waals surface area contributed by atoms with E-state index in [1.54, 1.807) is 0 Å². The Balaban J connectivity index is 2.27. The third-order valence-corrected chi connectivity index (χ3v) is 2.89. The lowest BCUT2D eigenvalue weighted by atomic mass is 10.0. The van der Waals surface area contributed by atoms with Crippen LogP contribution in [0.15, 0.2) is 42.6 Å².